The molecule has 0 aromatic heterocycles. The number of benzene rings is 2. The molecule has 11 atom stereocenters. The smallest absolute Gasteiger partial charge is 0.466 e. The van der Waals surface area contributed by atoms with Crippen molar-refractivity contribution in [3.63, 3.8) is 0 Å². The van der Waals surface area contributed by atoms with E-state index in [1.54, 1.807) is 37.4 Å². The van der Waals surface area contributed by atoms with Crippen molar-refractivity contribution >= 4 is 74.8 Å². The van der Waals surface area contributed by atoms with Crippen molar-refractivity contribution in [1.29, 1.82) is 0 Å². The van der Waals surface area contributed by atoms with Crippen LogP contribution in [0.5, 0.6) is 0 Å². The maximum atomic E-state index is 16.4. The number of hydrogen-bond acceptors (Lipinski definition) is 15. The number of ketones is 1. The molecule has 2 bridgehead atoms. The first kappa shape index (κ1) is 54.8. The van der Waals surface area contributed by atoms with Crippen molar-refractivity contribution < 1.29 is 61.2 Å². The molecular formula is C53H73NO13S2Si2. The molecular weight excluding hydrogens is 979 g/mol. The number of Topliss-reactive ketones (excluding diaryl/α,β-unsaturated/α-hetero) is 1. The Hall–Kier alpha value is -3.92. The van der Waals surface area contributed by atoms with E-state index >= 15 is 9.59 Å². The Morgan fingerprint density at radius 2 is 1.55 bits per heavy atom. The lowest BCUT2D eigenvalue weighted by atomic mass is 9.44. The maximum absolute atomic E-state index is 16.4. The Morgan fingerprint density at radius 1 is 0.944 bits per heavy atom. The number of carbonyl (C=O) groups is 5. The number of nitrogens with one attached hydrogen (secondary N) is 1. The quantitative estimate of drug-likeness (QED) is 0.0587. The zero-order valence-electron chi connectivity index (χ0n) is 43.8. The highest BCUT2D eigenvalue weighted by molar-refractivity contribution is 8.22. The summed E-state index contributed by atoms with van der Waals surface area (Å²) in [5.41, 5.74) is -4.18. The van der Waals surface area contributed by atoms with Crippen LogP contribution < -0.4 is 5.32 Å². The lowest BCUT2D eigenvalue weighted by Crippen LogP contribution is -2.81. The Balaban J connectivity index is 1.45. The topological polar surface area (TPSA) is 171 Å². The monoisotopic (exact) mass is 1050 g/mol. The van der Waals surface area contributed by atoms with Gasteiger partial charge < -0.3 is 42.6 Å². The highest BCUT2D eigenvalue weighted by Crippen LogP contribution is 2.67. The Morgan fingerprint density at radius 3 is 2.08 bits per heavy atom. The Kier molecular flexibility index (Phi) is 15.5. The van der Waals surface area contributed by atoms with Crippen molar-refractivity contribution in [1.82, 2.24) is 5.32 Å². The van der Waals surface area contributed by atoms with E-state index in [2.05, 4.69) is 46.9 Å². The predicted molar refractivity (Wildman–Crippen MR) is 279 cm³/mol. The lowest BCUT2D eigenvalue weighted by Gasteiger charge is -2.67. The number of hydrogen-bond donors (Lipinski definition) is 1. The van der Waals surface area contributed by atoms with Gasteiger partial charge in [-0.1, -0.05) is 116 Å². The van der Waals surface area contributed by atoms with Gasteiger partial charge in [-0.3, -0.25) is 14.4 Å². The summed E-state index contributed by atoms with van der Waals surface area (Å²) in [4.78, 5) is 74.0. The first-order valence-electron chi connectivity index (χ1n) is 24.9. The summed E-state index contributed by atoms with van der Waals surface area (Å²) >= 11 is 7.01. The highest BCUT2D eigenvalue weighted by Gasteiger charge is 2.81. The fourth-order valence-electron chi connectivity index (χ4n) is 11.9. The summed E-state index contributed by atoms with van der Waals surface area (Å²) in [6.07, 6.45) is -5.93. The minimum absolute atomic E-state index is 0.00149. The molecule has 1 N–H and O–H groups in total. The third-order valence-corrected chi connectivity index (χ3v) is 27.4. The van der Waals surface area contributed by atoms with E-state index in [0.717, 1.165) is 18.1 Å². The molecule has 5 aliphatic rings. The van der Waals surface area contributed by atoms with Gasteiger partial charge in [0.1, 0.15) is 12.2 Å². The summed E-state index contributed by atoms with van der Waals surface area (Å²) < 4.78 is 54.1. The van der Waals surface area contributed by atoms with E-state index in [4.69, 9.17) is 49.5 Å². The largest absolute Gasteiger partial charge is 0.509 e. The summed E-state index contributed by atoms with van der Waals surface area (Å²) in [7, 11) is -5.38. The summed E-state index contributed by atoms with van der Waals surface area (Å²) in [5.74, 6) is -3.49. The first-order valence-corrected chi connectivity index (χ1v) is 32.0. The zero-order valence-corrected chi connectivity index (χ0v) is 47.4. The lowest BCUT2D eigenvalue weighted by molar-refractivity contribution is -0.325. The highest BCUT2D eigenvalue weighted by atomic mass is 32.2. The number of thioether (sulfide) groups is 1. The second-order valence-electron chi connectivity index (χ2n) is 22.2. The molecule has 18 heteroatoms. The van der Waals surface area contributed by atoms with Crippen molar-refractivity contribution in [2.45, 2.75) is 179 Å². The van der Waals surface area contributed by atoms with Crippen LogP contribution in [-0.4, -0.2) is 111 Å². The molecule has 4 fully saturated rings. The van der Waals surface area contributed by atoms with Crippen molar-refractivity contribution in [2.75, 3.05) is 12.9 Å². The first-order chi connectivity index (χ1) is 33.2. The number of carbonyl (C=O) groups excluding carboxylic acids is 5. The van der Waals surface area contributed by atoms with E-state index in [0.29, 0.717) is 22.3 Å². The van der Waals surface area contributed by atoms with Crippen molar-refractivity contribution in [3.05, 3.63) is 82.9 Å². The second-order valence-corrected chi connectivity index (χ2v) is 33.1. The van der Waals surface area contributed by atoms with Gasteiger partial charge in [-0.05, 0) is 97.4 Å². The zero-order chi connectivity index (χ0) is 52.3. The van der Waals surface area contributed by atoms with Crippen LogP contribution in [0.2, 0.25) is 36.3 Å². The number of ether oxygens (including phenoxy) is 6. The molecule has 2 saturated carbocycles. The van der Waals surface area contributed by atoms with E-state index in [-0.39, 0.29) is 23.8 Å². The molecule has 1 amide bonds. The van der Waals surface area contributed by atoms with Gasteiger partial charge >= 0.3 is 18.1 Å². The maximum Gasteiger partial charge on any atom is 0.509 e. The number of esters is 2. The van der Waals surface area contributed by atoms with Gasteiger partial charge in [0.05, 0.1) is 30.1 Å². The van der Waals surface area contributed by atoms with E-state index in [1.165, 1.54) is 18.7 Å². The SMILES string of the molecule is CC[Si](CC)(CC)O[C@H]1C[C@H]2OC[C@@]2(OC(=S)SC)C2[C@@H]3OC(=O)O[C@]34C[C@H](OC(=O)[C@H](O[Si](C)(C)C(C)(C)C)[C@@H](NC(=O)c3ccccc3)c3ccccc3)C(C)=C([C@@H](OC(C)=O)C(=O)[C@@]21C)C4(C)C. The van der Waals surface area contributed by atoms with E-state index in [9.17, 15) is 14.4 Å². The third kappa shape index (κ3) is 9.38. The van der Waals surface area contributed by atoms with Gasteiger partial charge in [-0.15, -0.1) is 0 Å². The molecule has 2 aromatic carbocycles. The molecule has 388 valence electrons. The van der Waals surface area contributed by atoms with Gasteiger partial charge in [0.15, 0.2) is 51.9 Å². The summed E-state index contributed by atoms with van der Waals surface area (Å²) in [6.45, 7) is 25.0. The van der Waals surface area contributed by atoms with Crippen LogP contribution in [0, 0.1) is 16.7 Å². The Labute approximate surface area is 430 Å². The molecule has 2 saturated heterocycles. The molecule has 2 heterocycles. The van der Waals surface area contributed by atoms with E-state index < -0.39 is 122 Å². The van der Waals surface area contributed by atoms with E-state index in [1.807, 2.05) is 70.3 Å². The number of amides is 1. The summed E-state index contributed by atoms with van der Waals surface area (Å²) in [6, 6.07) is 19.1. The fourth-order valence-corrected chi connectivity index (χ4v) is 16.4. The molecule has 1 spiro atoms. The van der Waals surface area contributed by atoms with Crippen molar-refractivity contribution in [3.8, 4) is 0 Å². The van der Waals surface area contributed by atoms with Crippen molar-refractivity contribution in [2.24, 2.45) is 16.7 Å². The van der Waals surface area contributed by atoms with Crippen LogP contribution in [0.4, 0.5) is 4.79 Å². The molecule has 2 aromatic rings. The third-order valence-electron chi connectivity index (χ3n) is 17.3. The van der Waals surface area contributed by atoms with Crippen LogP contribution in [0.1, 0.15) is 111 Å². The van der Waals surface area contributed by atoms with Gasteiger partial charge in [0, 0.05) is 30.7 Å². The van der Waals surface area contributed by atoms with Gasteiger partial charge in [0.2, 0.25) is 4.38 Å². The van der Waals surface area contributed by atoms with Gasteiger partial charge in [0.25, 0.3) is 5.91 Å². The predicted octanol–water partition coefficient (Wildman–Crippen LogP) is 10.2. The standard InChI is InChI=1S/C53H73NO13S2Si2/c1-15-71(16-2,17-3)66-36-28-37-52(30-60-37,65-48(68)69-12)42-44-53(64-47(59)63-44)29-35(31(4)38(50(53,9)10)40(61-32(5)55)43(56)51(36,42)11)62-46(58)41(67-70(13,14)49(6,7)8)39(33-24-20-18-21-25-33)54-45(57)34-26-22-19-23-27-34/h18-27,35-37,39-42,44H,15-17,28-30H2,1-14H3,(H,54,57)/t35-,36-,37+,39-,40+,41+,42?,44-,51+,52-,53+/m0/s1. The van der Waals surface area contributed by atoms with Crippen LogP contribution in [-0.2, 0) is 51.7 Å². The van der Waals surface area contributed by atoms with Crippen LogP contribution >= 0.6 is 24.0 Å². The van der Waals surface area contributed by atoms with Gasteiger partial charge in [-0.25, -0.2) is 9.59 Å². The molecule has 1 unspecified atom stereocenters. The minimum Gasteiger partial charge on any atom is -0.466 e. The average Bonchev–Trinajstić information content (AvgIpc) is 3.65. The molecule has 0 radical (unpaired) electrons. The molecule has 14 nitrogen and oxygen atoms in total. The number of thiocarbonyl (C=S) groups is 1. The molecule has 71 heavy (non-hydrogen) atoms. The normalized spacial score (nSPS) is 30.8. The van der Waals surface area contributed by atoms with Gasteiger partial charge in [-0.2, -0.15) is 0 Å². The second kappa shape index (κ2) is 20.1. The van der Waals surface area contributed by atoms with Crippen LogP contribution in [0.3, 0.4) is 0 Å². The molecule has 3 aliphatic carbocycles. The Bertz CT molecular complexity index is 2420. The number of rotatable bonds is 15. The average molecular weight is 1050 g/mol. The summed E-state index contributed by atoms with van der Waals surface area (Å²) in [5, 5.41) is 2.72. The fraction of sp³-hybridized carbons (Fsp3) is 0.623. The molecule has 2 aliphatic heterocycles. The molecule has 7 rings (SSSR count). The van der Waals surface area contributed by atoms with Crippen LogP contribution in [0.25, 0.3) is 0 Å². The van der Waals surface area contributed by atoms with Crippen LogP contribution in [0.15, 0.2) is 71.8 Å². The number of fused-ring (bicyclic) bond motifs is 5. The minimum atomic E-state index is -2.87.